The first kappa shape index (κ1) is 19.6. The molecule has 2 heterocycles. The molecular weight excluding hydrogens is 385 g/mol. The first-order chi connectivity index (χ1) is 14.4. The molecule has 2 amide bonds. The first-order valence-electron chi connectivity index (χ1n) is 9.51. The quantitative estimate of drug-likeness (QED) is 0.681. The highest BCUT2D eigenvalue weighted by atomic mass is 19.1. The van der Waals surface area contributed by atoms with Gasteiger partial charge in [-0.15, -0.1) is 0 Å². The Morgan fingerprint density at radius 3 is 2.63 bits per heavy atom. The van der Waals surface area contributed by atoms with Crippen LogP contribution in [0.15, 0.2) is 64.8 Å². The topological polar surface area (TPSA) is 84.2 Å². The fourth-order valence-corrected chi connectivity index (χ4v) is 3.43. The summed E-state index contributed by atoms with van der Waals surface area (Å²) >= 11 is 0. The van der Waals surface area contributed by atoms with Crippen molar-refractivity contribution in [1.29, 1.82) is 0 Å². The maximum atomic E-state index is 13.3. The van der Waals surface area contributed by atoms with Crippen molar-refractivity contribution in [2.75, 3.05) is 5.32 Å². The number of halogens is 1. The summed E-state index contributed by atoms with van der Waals surface area (Å²) < 4.78 is 18.6. The van der Waals surface area contributed by atoms with E-state index in [2.05, 4.69) is 15.8 Å². The molecule has 7 heteroatoms. The summed E-state index contributed by atoms with van der Waals surface area (Å²) in [6.45, 7) is 3.73. The van der Waals surface area contributed by atoms with E-state index in [0.29, 0.717) is 22.6 Å². The van der Waals surface area contributed by atoms with Crippen LogP contribution in [0.2, 0.25) is 0 Å². The van der Waals surface area contributed by atoms with E-state index in [4.69, 9.17) is 4.52 Å². The highest BCUT2D eigenvalue weighted by Crippen LogP contribution is 2.32. The van der Waals surface area contributed by atoms with Gasteiger partial charge in [-0.3, -0.25) is 9.59 Å². The fraction of sp³-hybridized carbons (Fsp3) is 0.174. The van der Waals surface area contributed by atoms with Gasteiger partial charge in [0.15, 0.2) is 5.76 Å². The molecular formula is C23H20FN3O3. The standard InChI is InChI=1S/C23H20FN3O3/c1-13-3-4-16(21-9-14(2)27-30-21)10-20(13)26-23(29)19-12-25-22(28)11-18(19)15-5-7-17(24)8-6-15/h3-10,12,18H,11H2,1-2H3,(H,25,28)(H,26,29)/t18-/m0/s1. The van der Waals surface area contributed by atoms with Gasteiger partial charge in [-0.2, -0.15) is 0 Å². The number of nitrogens with zero attached hydrogens (tertiary/aromatic N) is 1. The lowest BCUT2D eigenvalue weighted by Gasteiger charge is -2.24. The van der Waals surface area contributed by atoms with Crippen molar-refractivity contribution in [3.63, 3.8) is 0 Å². The number of carbonyl (C=O) groups is 2. The summed E-state index contributed by atoms with van der Waals surface area (Å²) in [7, 11) is 0. The van der Waals surface area contributed by atoms with Crippen LogP contribution in [-0.2, 0) is 9.59 Å². The molecule has 1 atom stereocenters. The molecule has 0 spiro atoms. The second-order valence-corrected chi connectivity index (χ2v) is 7.29. The maximum absolute atomic E-state index is 13.3. The van der Waals surface area contributed by atoms with E-state index < -0.39 is 5.92 Å². The van der Waals surface area contributed by atoms with Crippen LogP contribution in [0.1, 0.15) is 29.2 Å². The van der Waals surface area contributed by atoms with E-state index >= 15 is 0 Å². The van der Waals surface area contributed by atoms with Gasteiger partial charge in [0.2, 0.25) is 5.91 Å². The van der Waals surface area contributed by atoms with Crippen molar-refractivity contribution >= 4 is 17.5 Å². The van der Waals surface area contributed by atoms with Crippen molar-refractivity contribution in [2.45, 2.75) is 26.2 Å². The highest BCUT2D eigenvalue weighted by molar-refractivity contribution is 6.07. The van der Waals surface area contributed by atoms with Gasteiger partial charge >= 0.3 is 0 Å². The van der Waals surface area contributed by atoms with E-state index in [0.717, 1.165) is 16.8 Å². The van der Waals surface area contributed by atoms with Gasteiger partial charge in [0.25, 0.3) is 5.91 Å². The third-order valence-electron chi connectivity index (χ3n) is 5.09. The molecule has 0 saturated heterocycles. The Bertz CT molecular complexity index is 1150. The molecule has 1 aliphatic heterocycles. The zero-order chi connectivity index (χ0) is 21.3. The van der Waals surface area contributed by atoms with Crippen LogP contribution in [0.4, 0.5) is 10.1 Å². The number of hydrogen-bond donors (Lipinski definition) is 2. The Hall–Kier alpha value is -3.74. The predicted octanol–water partition coefficient (Wildman–Crippen LogP) is 4.22. The Kier molecular flexibility index (Phi) is 5.18. The van der Waals surface area contributed by atoms with Crippen LogP contribution in [0.25, 0.3) is 11.3 Å². The van der Waals surface area contributed by atoms with E-state index in [-0.39, 0.29) is 24.1 Å². The van der Waals surface area contributed by atoms with E-state index in [1.807, 2.05) is 38.1 Å². The Labute approximate surface area is 172 Å². The molecule has 30 heavy (non-hydrogen) atoms. The first-order valence-corrected chi connectivity index (χ1v) is 9.51. The van der Waals surface area contributed by atoms with Gasteiger partial charge in [-0.25, -0.2) is 4.39 Å². The van der Waals surface area contributed by atoms with Crippen LogP contribution in [0.5, 0.6) is 0 Å². The second kappa shape index (κ2) is 7.94. The summed E-state index contributed by atoms with van der Waals surface area (Å²) in [4.78, 5) is 25.0. The Morgan fingerprint density at radius 1 is 1.17 bits per heavy atom. The monoisotopic (exact) mass is 405 g/mol. The molecule has 2 N–H and O–H groups in total. The normalized spacial score (nSPS) is 16.0. The van der Waals surface area contributed by atoms with Crippen LogP contribution in [-0.4, -0.2) is 17.0 Å². The number of rotatable bonds is 4. The number of amides is 2. The molecule has 0 fully saturated rings. The summed E-state index contributed by atoms with van der Waals surface area (Å²) in [6, 6.07) is 13.3. The smallest absolute Gasteiger partial charge is 0.253 e. The van der Waals surface area contributed by atoms with E-state index in [1.165, 1.54) is 18.3 Å². The van der Waals surface area contributed by atoms with Gasteiger partial charge < -0.3 is 15.2 Å². The van der Waals surface area contributed by atoms with Crippen LogP contribution in [0.3, 0.4) is 0 Å². The summed E-state index contributed by atoms with van der Waals surface area (Å²) in [5.41, 5.74) is 4.17. The SMILES string of the molecule is Cc1cc(-c2ccc(C)c(NC(=O)C3=CNC(=O)C[C@H]3c3ccc(F)cc3)c2)on1. The van der Waals surface area contributed by atoms with E-state index in [9.17, 15) is 14.0 Å². The molecule has 0 radical (unpaired) electrons. The number of anilines is 1. The van der Waals surface area contributed by atoms with Crippen molar-refractivity contribution in [1.82, 2.24) is 10.5 Å². The van der Waals surface area contributed by atoms with Crippen LogP contribution < -0.4 is 10.6 Å². The third-order valence-corrected chi connectivity index (χ3v) is 5.09. The molecule has 1 aromatic heterocycles. The molecule has 2 aromatic carbocycles. The zero-order valence-electron chi connectivity index (χ0n) is 16.5. The summed E-state index contributed by atoms with van der Waals surface area (Å²) in [5.74, 6) is -0.752. The number of aryl methyl sites for hydroxylation is 2. The molecule has 4 rings (SSSR count). The third kappa shape index (κ3) is 4.00. The van der Waals surface area contributed by atoms with Gasteiger partial charge in [-0.1, -0.05) is 29.4 Å². The number of benzene rings is 2. The fourth-order valence-electron chi connectivity index (χ4n) is 3.43. The van der Waals surface area contributed by atoms with Crippen LogP contribution >= 0.6 is 0 Å². The Morgan fingerprint density at radius 2 is 1.93 bits per heavy atom. The Balaban J connectivity index is 1.62. The maximum Gasteiger partial charge on any atom is 0.253 e. The molecule has 1 aliphatic rings. The number of aromatic nitrogens is 1. The van der Waals surface area contributed by atoms with Crippen molar-refractivity contribution < 1.29 is 18.5 Å². The second-order valence-electron chi connectivity index (χ2n) is 7.29. The zero-order valence-corrected chi connectivity index (χ0v) is 16.5. The molecule has 0 aliphatic carbocycles. The minimum absolute atomic E-state index is 0.112. The van der Waals surface area contributed by atoms with Crippen molar-refractivity contribution in [3.8, 4) is 11.3 Å². The molecule has 3 aromatic rings. The predicted molar refractivity (Wildman–Crippen MR) is 110 cm³/mol. The average Bonchev–Trinajstić information content (AvgIpc) is 3.16. The van der Waals surface area contributed by atoms with Gasteiger partial charge in [-0.05, 0) is 43.2 Å². The molecule has 0 bridgehead atoms. The lowest BCUT2D eigenvalue weighted by molar-refractivity contribution is -0.121. The number of carbonyl (C=O) groups excluding carboxylic acids is 2. The minimum Gasteiger partial charge on any atom is -0.356 e. The lowest BCUT2D eigenvalue weighted by Crippen LogP contribution is -2.32. The molecule has 0 saturated carbocycles. The van der Waals surface area contributed by atoms with Crippen LogP contribution in [0, 0.1) is 19.7 Å². The average molecular weight is 405 g/mol. The largest absolute Gasteiger partial charge is 0.356 e. The molecule has 152 valence electrons. The van der Waals surface area contributed by atoms with E-state index in [1.54, 1.807) is 12.1 Å². The number of nitrogens with one attached hydrogen (secondary N) is 2. The van der Waals surface area contributed by atoms with Gasteiger partial charge in [0, 0.05) is 41.4 Å². The molecule has 6 nitrogen and oxygen atoms in total. The highest BCUT2D eigenvalue weighted by Gasteiger charge is 2.29. The van der Waals surface area contributed by atoms with Gasteiger partial charge in [0.05, 0.1) is 5.69 Å². The number of hydrogen-bond acceptors (Lipinski definition) is 4. The minimum atomic E-state index is -0.459. The molecule has 0 unspecified atom stereocenters. The summed E-state index contributed by atoms with van der Waals surface area (Å²) in [5, 5.41) is 9.43. The summed E-state index contributed by atoms with van der Waals surface area (Å²) in [6.07, 6.45) is 1.54. The van der Waals surface area contributed by atoms with Gasteiger partial charge in [0.1, 0.15) is 5.82 Å². The van der Waals surface area contributed by atoms with Crippen molar-refractivity contribution in [3.05, 3.63) is 82.9 Å². The van der Waals surface area contributed by atoms with Crippen molar-refractivity contribution in [2.24, 2.45) is 0 Å². The lowest BCUT2D eigenvalue weighted by atomic mass is 9.86.